The highest BCUT2D eigenvalue weighted by Crippen LogP contribution is 2.25. The van der Waals surface area contributed by atoms with Crippen LogP contribution in [0.3, 0.4) is 0 Å². The molecule has 1 unspecified atom stereocenters. The third-order valence-corrected chi connectivity index (χ3v) is 4.00. The van der Waals surface area contributed by atoms with Crippen LogP contribution in [0.2, 0.25) is 0 Å². The number of piperidine rings is 1. The number of quaternary nitrogens is 1. The first kappa shape index (κ1) is 10.3. The average molecular weight is 218 g/mol. The molecular formula is C14H20NO+. The minimum atomic E-state index is 0.338. The minimum absolute atomic E-state index is 0.338. The number of fused-ring (bicyclic) bond motifs is 1. The Kier molecular flexibility index (Phi) is 2.94. The van der Waals surface area contributed by atoms with Crippen molar-refractivity contribution in [2.75, 3.05) is 19.7 Å². The SMILES string of the molecule is c1ccc([C@@H]2OCC[NH+]3CCCC[C@H]23)cc1. The Morgan fingerprint density at radius 1 is 1.06 bits per heavy atom. The minimum Gasteiger partial charge on any atom is -0.361 e. The summed E-state index contributed by atoms with van der Waals surface area (Å²) in [5.41, 5.74) is 1.37. The van der Waals surface area contributed by atoms with Gasteiger partial charge in [-0.3, -0.25) is 0 Å². The van der Waals surface area contributed by atoms with E-state index in [4.69, 9.17) is 4.74 Å². The second kappa shape index (κ2) is 4.56. The number of rotatable bonds is 1. The Labute approximate surface area is 97.2 Å². The Morgan fingerprint density at radius 2 is 1.94 bits per heavy atom. The number of morpholine rings is 1. The van der Waals surface area contributed by atoms with Crippen LogP contribution in [0.25, 0.3) is 0 Å². The van der Waals surface area contributed by atoms with Crippen LogP contribution >= 0.6 is 0 Å². The lowest BCUT2D eigenvalue weighted by Crippen LogP contribution is -3.18. The van der Waals surface area contributed by atoms with Gasteiger partial charge in [0.05, 0.1) is 13.2 Å². The molecule has 0 aliphatic carbocycles. The first-order valence-electron chi connectivity index (χ1n) is 6.46. The third-order valence-electron chi connectivity index (χ3n) is 4.00. The van der Waals surface area contributed by atoms with Crippen molar-refractivity contribution in [1.82, 2.24) is 0 Å². The number of hydrogen-bond acceptors (Lipinski definition) is 1. The maximum absolute atomic E-state index is 6.01. The Bertz CT molecular complexity index is 336. The monoisotopic (exact) mass is 218 g/mol. The van der Waals surface area contributed by atoms with Crippen LogP contribution < -0.4 is 4.90 Å². The van der Waals surface area contributed by atoms with Crippen LogP contribution in [-0.2, 0) is 4.74 Å². The summed E-state index contributed by atoms with van der Waals surface area (Å²) in [6.45, 7) is 3.47. The molecule has 2 aliphatic rings. The van der Waals surface area contributed by atoms with Crippen molar-refractivity contribution in [3.63, 3.8) is 0 Å². The molecular weight excluding hydrogens is 198 g/mol. The van der Waals surface area contributed by atoms with Crippen LogP contribution in [0.15, 0.2) is 30.3 Å². The number of benzene rings is 1. The quantitative estimate of drug-likeness (QED) is 0.747. The molecule has 2 aliphatic heterocycles. The van der Waals surface area contributed by atoms with Crippen molar-refractivity contribution in [1.29, 1.82) is 0 Å². The fourth-order valence-corrected chi connectivity index (χ4v) is 3.19. The molecule has 2 heterocycles. The van der Waals surface area contributed by atoms with Crippen LogP contribution in [0.1, 0.15) is 30.9 Å². The number of nitrogens with one attached hydrogen (secondary N) is 1. The highest BCUT2D eigenvalue weighted by Gasteiger charge is 2.38. The third kappa shape index (κ3) is 1.87. The number of hydrogen-bond donors (Lipinski definition) is 1. The zero-order valence-corrected chi connectivity index (χ0v) is 9.69. The predicted octanol–water partition coefficient (Wildman–Crippen LogP) is 1.20. The molecule has 0 amide bonds. The van der Waals surface area contributed by atoms with E-state index >= 15 is 0 Å². The van der Waals surface area contributed by atoms with Gasteiger partial charge in [0.2, 0.25) is 0 Å². The summed E-state index contributed by atoms with van der Waals surface area (Å²) in [6.07, 6.45) is 4.44. The van der Waals surface area contributed by atoms with E-state index in [0.29, 0.717) is 12.1 Å². The van der Waals surface area contributed by atoms with E-state index in [9.17, 15) is 0 Å². The molecule has 1 aromatic rings. The van der Waals surface area contributed by atoms with Crippen molar-refractivity contribution in [2.45, 2.75) is 31.4 Å². The maximum atomic E-state index is 6.01. The molecule has 3 atom stereocenters. The van der Waals surface area contributed by atoms with Crippen LogP contribution in [0, 0.1) is 0 Å². The lowest BCUT2D eigenvalue weighted by atomic mass is 9.92. The molecule has 1 N–H and O–H groups in total. The molecule has 86 valence electrons. The molecule has 0 saturated carbocycles. The zero-order chi connectivity index (χ0) is 10.8. The summed E-state index contributed by atoms with van der Waals surface area (Å²) in [5, 5.41) is 0. The first-order valence-corrected chi connectivity index (χ1v) is 6.46. The van der Waals surface area contributed by atoms with Crippen LogP contribution in [0.5, 0.6) is 0 Å². The maximum Gasteiger partial charge on any atom is 0.134 e. The topological polar surface area (TPSA) is 13.7 Å². The van der Waals surface area contributed by atoms with Crippen molar-refractivity contribution >= 4 is 0 Å². The van der Waals surface area contributed by atoms with E-state index in [-0.39, 0.29) is 0 Å². The highest BCUT2D eigenvalue weighted by molar-refractivity contribution is 5.19. The highest BCUT2D eigenvalue weighted by atomic mass is 16.5. The van der Waals surface area contributed by atoms with E-state index in [2.05, 4.69) is 30.3 Å². The van der Waals surface area contributed by atoms with E-state index in [0.717, 1.165) is 6.61 Å². The normalized spacial score (nSPS) is 34.4. The molecule has 2 saturated heterocycles. The van der Waals surface area contributed by atoms with E-state index in [1.807, 2.05) is 0 Å². The predicted molar refractivity (Wildman–Crippen MR) is 63.5 cm³/mol. The Morgan fingerprint density at radius 3 is 2.81 bits per heavy atom. The zero-order valence-electron chi connectivity index (χ0n) is 9.69. The summed E-state index contributed by atoms with van der Waals surface area (Å²) >= 11 is 0. The molecule has 3 rings (SSSR count). The lowest BCUT2D eigenvalue weighted by molar-refractivity contribution is -0.944. The second-order valence-electron chi connectivity index (χ2n) is 4.96. The van der Waals surface area contributed by atoms with Gasteiger partial charge in [-0.15, -0.1) is 0 Å². The molecule has 2 heteroatoms. The molecule has 2 fully saturated rings. The van der Waals surface area contributed by atoms with Gasteiger partial charge < -0.3 is 9.64 Å². The van der Waals surface area contributed by atoms with E-state index < -0.39 is 0 Å². The van der Waals surface area contributed by atoms with Gasteiger partial charge in [0, 0.05) is 6.42 Å². The molecule has 1 aromatic carbocycles. The van der Waals surface area contributed by atoms with Gasteiger partial charge in [0.1, 0.15) is 18.7 Å². The average Bonchev–Trinajstić information content (AvgIpc) is 2.39. The van der Waals surface area contributed by atoms with Gasteiger partial charge in [-0.05, 0) is 18.4 Å². The Balaban J connectivity index is 1.83. The fraction of sp³-hybridized carbons (Fsp3) is 0.571. The van der Waals surface area contributed by atoms with Gasteiger partial charge in [0.25, 0.3) is 0 Å². The summed E-state index contributed by atoms with van der Waals surface area (Å²) in [6, 6.07) is 11.4. The van der Waals surface area contributed by atoms with E-state index in [1.54, 1.807) is 4.90 Å². The molecule has 0 radical (unpaired) electrons. The molecule has 0 bridgehead atoms. The molecule has 0 aromatic heterocycles. The molecule has 2 nitrogen and oxygen atoms in total. The standard InChI is InChI=1S/C14H19NO/c1-2-6-12(7-3-1)14-13-8-4-5-9-15(13)10-11-16-14/h1-3,6-7,13-14H,4-5,8-11H2/p+1/t13-,14+/m1/s1. The van der Waals surface area contributed by atoms with E-state index in [1.165, 1.54) is 37.9 Å². The lowest BCUT2D eigenvalue weighted by Gasteiger charge is -2.41. The van der Waals surface area contributed by atoms with Crippen molar-refractivity contribution in [3.05, 3.63) is 35.9 Å². The van der Waals surface area contributed by atoms with Crippen LogP contribution in [0.4, 0.5) is 0 Å². The molecule has 16 heavy (non-hydrogen) atoms. The first-order chi connectivity index (χ1) is 7.95. The smallest absolute Gasteiger partial charge is 0.134 e. The second-order valence-corrected chi connectivity index (χ2v) is 4.96. The summed E-state index contributed by atoms with van der Waals surface area (Å²) in [5.74, 6) is 0. The van der Waals surface area contributed by atoms with Gasteiger partial charge >= 0.3 is 0 Å². The summed E-state index contributed by atoms with van der Waals surface area (Å²) < 4.78 is 6.01. The summed E-state index contributed by atoms with van der Waals surface area (Å²) in [7, 11) is 0. The fourth-order valence-electron chi connectivity index (χ4n) is 3.19. The summed E-state index contributed by atoms with van der Waals surface area (Å²) in [4.78, 5) is 1.77. The largest absolute Gasteiger partial charge is 0.361 e. The van der Waals surface area contributed by atoms with Crippen molar-refractivity contribution < 1.29 is 9.64 Å². The van der Waals surface area contributed by atoms with Gasteiger partial charge in [-0.2, -0.15) is 0 Å². The van der Waals surface area contributed by atoms with Crippen LogP contribution in [-0.4, -0.2) is 25.7 Å². The van der Waals surface area contributed by atoms with Crippen molar-refractivity contribution in [3.8, 4) is 0 Å². The van der Waals surface area contributed by atoms with Gasteiger partial charge in [0.15, 0.2) is 0 Å². The van der Waals surface area contributed by atoms with Gasteiger partial charge in [-0.25, -0.2) is 0 Å². The Hall–Kier alpha value is -0.860. The molecule has 0 spiro atoms. The van der Waals surface area contributed by atoms with Crippen molar-refractivity contribution in [2.24, 2.45) is 0 Å². The number of ether oxygens (including phenoxy) is 1. The van der Waals surface area contributed by atoms with Gasteiger partial charge in [-0.1, -0.05) is 30.3 Å².